The highest BCUT2D eigenvalue weighted by Gasteiger charge is 2.18. The summed E-state index contributed by atoms with van der Waals surface area (Å²) in [5, 5.41) is 10.3. The van der Waals surface area contributed by atoms with Crippen LogP contribution in [-0.4, -0.2) is 22.7 Å². The van der Waals surface area contributed by atoms with Gasteiger partial charge >= 0.3 is 5.97 Å². The van der Waals surface area contributed by atoms with E-state index in [4.69, 9.17) is 9.84 Å². The smallest absolute Gasteiger partial charge is 0.303 e. The second-order valence-electron chi connectivity index (χ2n) is 7.75. The van der Waals surface area contributed by atoms with Crippen molar-refractivity contribution >= 4 is 16.9 Å². The van der Waals surface area contributed by atoms with Crippen LogP contribution in [0, 0.1) is 5.92 Å². The average molecular weight is 377 g/mol. The quantitative estimate of drug-likeness (QED) is 0.546. The molecular formula is C24H27NO3. The van der Waals surface area contributed by atoms with Crippen LogP contribution in [-0.2, 0) is 11.2 Å². The van der Waals surface area contributed by atoms with Crippen molar-refractivity contribution in [3.63, 3.8) is 0 Å². The molecule has 0 radical (unpaired) electrons. The first-order chi connectivity index (χ1) is 13.7. The Bertz CT molecular complexity index is 953. The maximum atomic E-state index is 11.1. The van der Waals surface area contributed by atoms with E-state index >= 15 is 0 Å². The zero-order valence-corrected chi connectivity index (χ0v) is 16.1. The van der Waals surface area contributed by atoms with Gasteiger partial charge in [0.15, 0.2) is 0 Å². The number of carboxylic acids is 1. The Morgan fingerprint density at radius 2 is 1.82 bits per heavy atom. The van der Waals surface area contributed by atoms with E-state index in [-0.39, 0.29) is 6.42 Å². The van der Waals surface area contributed by atoms with Crippen molar-refractivity contribution in [2.24, 2.45) is 5.92 Å². The number of aryl methyl sites for hydroxylation is 1. The van der Waals surface area contributed by atoms with Crippen LogP contribution in [0.4, 0.5) is 0 Å². The van der Waals surface area contributed by atoms with Crippen LogP contribution in [0.2, 0.25) is 0 Å². The monoisotopic (exact) mass is 377 g/mol. The Labute approximate surface area is 165 Å². The molecule has 1 aliphatic carbocycles. The molecule has 1 saturated carbocycles. The molecule has 1 aliphatic rings. The normalized spacial score (nSPS) is 15.0. The molecule has 0 aliphatic heterocycles. The van der Waals surface area contributed by atoms with Crippen molar-refractivity contribution in [1.29, 1.82) is 0 Å². The Morgan fingerprint density at radius 3 is 2.64 bits per heavy atom. The highest BCUT2D eigenvalue weighted by atomic mass is 16.5. The molecule has 0 spiro atoms. The van der Waals surface area contributed by atoms with Gasteiger partial charge < -0.3 is 14.8 Å². The fraction of sp³-hybridized carbons (Fsp3) is 0.375. The van der Waals surface area contributed by atoms with E-state index in [0.29, 0.717) is 18.9 Å². The van der Waals surface area contributed by atoms with E-state index in [1.165, 1.54) is 32.1 Å². The summed E-state index contributed by atoms with van der Waals surface area (Å²) in [5.41, 5.74) is 4.23. The molecule has 0 amide bonds. The van der Waals surface area contributed by atoms with Crippen LogP contribution in [0.3, 0.4) is 0 Å². The zero-order valence-electron chi connectivity index (χ0n) is 16.1. The lowest BCUT2D eigenvalue weighted by Crippen LogP contribution is -2.16. The molecule has 4 rings (SSSR count). The number of benzene rings is 2. The number of nitrogens with one attached hydrogen (secondary N) is 1. The van der Waals surface area contributed by atoms with Gasteiger partial charge in [0, 0.05) is 29.1 Å². The summed E-state index contributed by atoms with van der Waals surface area (Å²) in [5.74, 6) is 0.663. The molecule has 146 valence electrons. The number of carboxylic acid groups (broad SMARTS) is 1. The molecule has 28 heavy (non-hydrogen) atoms. The fourth-order valence-corrected chi connectivity index (χ4v) is 4.28. The van der Waals surface area contributed by atoms with E-state index < -0.39 is 5.97 Å². The van der Waals surface area contributed by atoms with Crippen molar-refractivity contribution in [3.05, 3.63) is 54.2 Å². The number of ether oxygens (including phenoxy) is 1. The Balaban J connectivity index is 1.70. The molecule has 1 aromatic heterocycles. The topological polar surface area (TPSA) is 62.3 Å². The third kappa shape index (κ3) is 4.06. The molecule has 0 saturated heterocycles. The maximum absolute atomic E-state index is 11.1. The number of rotatable bonds is 7. The van der Waals surface area contributed by atoms with Crippen molar-refractivity contribution in [2.45, 2.75) is 44.9 Å². The van der Waals surface area contributed by atoms with Gasteiger partial charge in [0.2, 0.25) is 0 Å². The molecule has 0 bridgehead atoms. The SMILES string of the molecule is O=C(O)CCc1cccc(-c2cccc3[nH]ccc23)c1OCC1CCCCC1. The van der Waals surface area contributed by atoms with E-state index in [1.807, 2.05) is 24.4 Å². The lowest BCUT2D eigenvalue weighted by molar-refractivity contribution is -0.136. The van der Waals surface area contributed by atoms with Gasteiger partial charge in [0.1, 0.15) is 5.75 Å². The van der Waals surface area contributed by atoms with E-state index in [0.717, 1.165) is 33.3 Å². The standard InChI is InChI=1S/C24H27NO3/c26-23(27)13-12-18-8-4-10-21(19-9-5-11-22-20(19)14-15-25-22)24(18)28-16-17-6-2-1-3-7-17/h4-5,8-11,14-15,17,25H,1-3,6-7,12-13,16H2,(H,26,27). The summed E-state index contributed by atoms with van der Waals surface area (Å²) < 4.78 is 6.42. The number of carbonyl (C=O) groups is 1. The highest BCUT2D eigenvalue weighted by Crippen LogP contribution is 2.38. The zero-order chi connectivity index (χ0) is 19.3. The van der Waals surface area contributed by atoms with Crippen LogP contribution in [0.1, 0.15) is 44.1 Å². The van der Waals surface area contributed by atoms with Gasteiger partial charge in [0.25, 0.3) is 0 Å². The molecule has 2 aromatic carbocycles. The van der Waals surface area contributed by atoms with Gasteiger partial charge in [0.05, 0.1) is 6.61 Å². The summed E-state index contributed by atoms with van der Waals surface area (Å²) in [6, 6.07) is 14.4. The minimum atomic E-state index is -0.781. The number of aromatic amines is 1. The first kappa shape index (κ1) is 18.6. The lowest BCUT2D eigenvalue weighted by atomic mass is 9.90. The average Bonchev–Trinajstić information content (AvgIpc) is 3.20. The van der Waals surface area contributed by atoms with Crippen LogP contribution in [0.5, 0.6) is 5.75 Å². The van der Waals surface area contributed by atoms with Crippen LogP contribution in [0.15, 0.2) is 48.7 Å². The molecule has 0 unspecified atom stereocenters. The Kier molecular flexibility index (Phi) is 5.65. The molecular weight excluding hydrogens is 350 g/mol. The van der Waals surface area contributed by atoms with Crippen molar-refractivity contribution < 1.29 is 14.6 Å². The Morgan fingerprint density at radius 1 is 1.04 bits per heavy atom. The number of hydrogen-bond acceptors (Lipinski definition) is 2. The largest absolute Gasteiger partial charge is 0.492 e. The molecule has 1 fully saturated rings. The predicted octanol–water partition coefficient (Wildman–Crippen LogP) is 5.81. The summed E-state index contributed by atoms with van der Waals surface area (Å²) in [4.78, 5) is 14.4. The number of H-pyrrole nitrogens is 1. The van der Waals surface area contributed by atoms with Gasteiger partial charge in [-0.2, -0.15) is 0 Å². The van der Waals surface area contributed by atoms with Crippen molar-refractivity contribution in [2.75, 3.05) is 6.61 Å². The number of fused-ring (bicyclic) bond motifs is 1. The summed E-state index contributed by atoms with van der Waals surface area (Å²) >= 11 is 0. The summed E-state index contributed by atoms with van der Waals surface area (Å²) in [6.45, 7) is 0.709. The van der Waals surface area contributed by atoms with Crippen LogP contribution < -0.4 is 4.74 Å². The Hall–Kier alpha value is -2.75. The lowest BCUT2D eigenvalue weighted by Gasteiger charge is -2.24. The van der Waals surface area contributed by atoms with Gasteiger partial charge in [-0.15, -0.1) is 0 Å². The third-order valence-corrected chi connectivity index (χ3v) is 5.78. The maximum Gasteiger partial charge on any atom is 0.303 e. The molecule has 4 nitrogen and oxygen atoms in total. The predicted molar refractivity (Wildman–Crippen MR) is 112 cm³/mol. The van der Waals surface area contributed by atoms with Crippen molar-refractivity contribution in [1.82, 2.24) is 4.98 Å². The molecule has 3 aromatic rings. The highest BCUT2D eigenvalue weighted by molar-refractivity contribution is 5.96. The van der Waals surface area contributed by atoms with Crippen molar-refractivity contribution in [3.8, 4) is 16.9 Å². The third-order valence-electron chi connectivity index (χ3n) is 5.78. The van der Waals surface area contributed by atoms with Gasteiger partial charge in [-0.25, -0.2) is 0 Å². The summed E-state index contributed by atoms with van der Waals surface area (Å²) in [7, 11) is 0. The van der Waals surface area contributed by atoms with Gasteiger partial charge in [-0.05, 0) is 48.4 Å². The van der Waals surface area contributed by atoms with Gasteiger partial charge in [-0.1, -0.05) is 49.6 Å². The first-order valence-electron chi connectivity index (χ1n) is 10.3. The van der Waals surface area contributed by atoms with E-state index in [2.05, 4.69) is 29.2 Å². The van der Waals surface area contributed by atoms with E-state index in [9.17, 15) is 4.79 Å². The number of aromatic nitrogens is 1. The number of hydrogen-bond donors (Lipinski definition) is 2. The second kappa shape index (κ2) is 8.51. The molecule has 4 heteroatoms. The second-order valence-corrected chi connectivity index (χ2v) is 7.75. The number of aliphatic carboxylic acids is 1. The first-order valence-corrected chi connectivity index (χ1v) is 10.3. The van der Waals surface area contributed by atoms with Gasteiger partial charge in [-0.3, -0.25) is 4.79 Å². The minimum absolute atomic E-state index is 0.109. The van der Waals surface area contributed by atoms with Crippen LogP contribution >= 0.6 is 0 Å². The molecule has 0 atom stereocenters. The van der Waals surface area contributed by atoms with E-state index in [1.54, 1.807) is 0 Å². The minimum Gasteiger partial charge on any atom is -0.492 e. The number of para-hydroxylation sites is 1. The molecule has 2 N–H and O–H groups in total. The fourth-order valence-electron chi connectivity index (χ4n) is 4.28. The summed E-state index contributed by atoms with van der Waals surface area (Å²) in [6.07, 6.45) is 8.87. The van der Waals surface area contributed by atoms with Crippen LogP contribution in [0.25, 0.3) is 22.0 Å². The molecule has 1 heterocycles.